The molecule has 3 aromatic rings. The maximum atomic E-state index is 13.2. The van der Waals surface area contributed by atoms with Gasteiger partial charge in [0.25, 0.3) is 0 Å². The lowest BCUT2D eigenvalue weighted by atomic mass is 10.3. The van der Waals surface area contributed by atoms with Crippen molar-refractivity contribution in [3.63, 3.8) is 0 Å². The highest BCUT2D eigenvalue weighted by Gasteiger charge is 2.10. The summed E-state index contributed by atoms with van der Waals surface area (Å²) >= 11 is 2.42. The number of hydrogen-bond donors (Lipinski definition) is 3. The van der Waals surface area contributed by atoms with E-state index in [1.165, 1.54) is 36.1 Å². The summed E-state index contributed by atoms with van der Waals surface area (Å²) in [4.78, 5) is 23.1. The predicted molar refractivity (Wildman–Crippen MR) is 110 cm³/mol. The number of aromatic nitrogens is 2. The highest BCUT2D eigenvalue weighted by molar-refractivity contribution is 8.01. The number of rotatable bonds is 7. The minimum absolute atomic E-state index is 0.0334. The molecule has 0 saturated carbocycles. The Bertz CT molecular complexity index is 1040. The predicted octanol–water partition coefficient (Wildman–Crippen LogP) is 4.25. The fourth-order valence-electron chi connectivity index (χ4n) is 2.22. The van der Waals surface area contributed by atoms with E-state index < -0.39 is 11.6 Å². The van der Waals surface area contributed by atoms with Crippen LogP contribution in [0.15, 0.2) is 46.8 Å². The molecule has 0 bridgehead atoms. The zero-order chi connectivity index (χ0) is 20.8. The van der Waals surface area contributed by atoms with Crippen molar-refractivity contribution in [1.29, 1.82) is 0 Å². The van der Waals surface area contributed by atoms with E-state index >= 15 is 0 Å². The Morgan fingerprint density at radius 3 is 2.52 bits per heavy atom. The fraction of sp³-hybridized carbons (Fsp3) is 0.111. The monoisotopic (exact) mass is 435 g/mol. The third-order valence-electron chi connectivity index (χ3n) is 3.37. The van der Waals surface area contributed by atoms with Crippen LogP contribution >= 0.6 is 23.1 Å². The summed E-state index contributed by atoms with van der Waals surface area (Å²) in [6.45, 7) is 1.43. The molecule has 0 unspecified atom stereocenters. The number of carbonyl (C=O) groups is 2. The summed E-state index contributed by atoms with van der Waals surface area (Å²) in [6.07, 6.45) is 0. The molecule has 0 spiro atoms. The van der Waals surface area contributed by atoms with Crippen molar-refractivity contribution in [2.24, 2.45) is 0 Å². The van der Waals surface area contributed by atoms with Crippen LogP contribution in [0.2, 0.25) is 0 Å². The van der Waals surface area contributed by atoms with Gasteiger partial charge >= 0.3 is 0 Å². The summed E-state index contributed by atoms with van der Waals surface area (Å²) in [5.74, 6) is -2.52. The van der Waals surface area contributed by atoms with Crippen LogP contribution in [0, 0.1) is 11.6 Å². The third-order valence-corrected chi connectivity index (χ3v) is 5.34. The Morgan fingerprint density at radius 1 is 1.00 bits per heavy atom. The Kier molecular flexibility index (Phi) is 6.73. The normalized spacial score (nSPS) is 10.4. The minimum atomic E-state index is -1.03. The van der Waals surface area contributed by atoms with Crippen LogP contribution in [0.3, 0.4) is 0 Å². The highest BCUT2D eigenvalue weighted by Crippen LogP contribution is 2.28. The van der Waals surface area contributed by atoms with Gasteiger partial charge in [0.15, 0.2) is 16.0 Å². The van der Waals surface area contributed by atoms with Crippen LogP contribution in [-0.2, 0) is 9.59 Å². The van der Waals surface area contributed by atoms with Gasteiger partial charge in [0.2, 0.25) is 16.9 Å². The molecule has 1 aromatic heterocycles. The van der Waals surface area contributed by atoms with Crippen molar-refractivity contribution in [3.8, 4) is 0 Å². The third kappa shape index (κ3) is 6.22. The second-order valence-electron chi connectivity index (χ2n) is 5.73. The first-order valence-corrected chi connectivity index (χ1v) is 10.0. The quantitative estimate of drug-likeness (QED) is 0.480. The molecule has 3 rings (SSSR count). The Morgan fingerprint density at radius 2 is 1.76 bits per heavy atom. The van der Waals surface area contributed by atoms with Crippen molar-refractivity contribution in [2.45, 2.75) is 11.3 Å². The lowest BCUT2D eigenvalue weighted by molar-refractivity contribution is -0.114. The zero-order valence-corrected chi connectivity index (χ0v) is 16.7. The molecule has 2 amide bonds. The highest BCUT2D eigenvalue weighted by atomic mass is 32.2. The van der Waals surface area contributed by atoms with Gasteiger partial charge in [-0.3, -0.25) is 9.59 Å². The van der Waals surface area contributed by atoms with Gasteiger partial charge in [-0.2, -0.15) is 0 Å². The Labute approximate surface area is 172 Å². The molecule has 3 N–H and O–H groups in total. The Balaban J connectivity index is 1.53. The molecule has 0 fully saturated rings. The molecule has 2 aromatic carbocycles. The van der Waals surface area contributed by atoms with Gasteiger partial charge in [0.05, 0.1) is 5.75 Å². The zero-order valence-electron chi connectivity index (χ0n) is 15.0. The number of thioether (sulfide) groups is 1. The number of halogens is 2. The Hall–Kier alpha value is -3.05. The van der Waals surface area contributed by atoms with Crippen LogP contribution in [0.5, 0.6) is 0 Å². The van der Waals surface area contributed by atoms with E-state index in [9.17, 15) is 18.4 Å². The molecule has 29 heavy (non-hydrogen) atoms. The number of benzene rings is 2. The van der Waals surface area contributed by atoms with E-state index in [4.69, 9.17) is 0 Å². The minimum Gasteiger partial charge on any atom is -0.330 e. The average Bonchev–Trinajstić information content (AvgIpc) is 3.10. The van der Waals surface area contributed by atoms with Crippen molar-refractivity contribution in [1.82, 2.24) is 10.2 Å². The summed E-state index contributed by atoms with van der Waals surface area (Å²) in [6, 6.07) is 10.3. The molecule has 11 heteroatoms. The van der Waals surface area contributed by atoms with Gasteiger partial charge in [-0.1, -0.05) is 29.2 Å². The summed E-state index contributed by atoms with van der Waals surface area (Å²) in [5.41, 5.74) is 1.55. The number of hydrogen-bond acceptors (Lipinski definition) is 7. The molecule has 0 aliphatic carbocycles. The molecule has 0 atom stereocenters. The molecule has 7 nitrogen and oxygen atoms in total. The maximum absolute atomic E-state index is 13.2. The second kappa shape index (κ2) is 9.43. The van der Waals surface area contributed by atoms with Gasteiger partial charge < -0.3 is 16.0 Å². The average molecular weight is 435 g/mol. The molecular formula is C18H15F2N5O2S2. The lowest BCUT2D eigenvalue weighted by Crippen LogP contribution is -2.14. The topological polar surface area (TPSA) is 96.0 Å². The maximum Gasteiger partial charge on any atom is 0.234 e. The molecule has 150 valence electrons. The SMILES string of the molecule is CC(=O)Nc1cccc(Nc2nnc(SCC(=O)Nc3ccc(F)c(F)c3)s2)c1. The summed E-state index contributed by atoms with van der Waals surface area (Å²) in [7, 11) is 0. The number of anilines is 4. The van der Waals surface area contributed by atoms with Crippen LogP contribution in [0.1, 0.15) is 6.92 Å². The van der Waals surface area contributed by atoms with E-state index in [0.29, 0.717) is 15.2 Å². The van der Waals surface area contributed by atoms with Crippen molar-refractivity contribution in [2.75, 3.05) is 21.7 Å². The summed E-state index contributed by atoms with van der Waals surface area (Å²) < 4.78 is 26.6. The summed E-state index contributed by atoms with van der Waals surface area (Å²) in [5, 5.41) is 16.8. The van der Waals surface area contributed by atoms with Gasteiger partial charge in [-0.15, -0.1) is 10.2 Å². The van der Waals surface area contributed by atoms with E-state index in [0.717, 1.165) is 17.8 Å². The van der Waals surface area contributed by atoms with E-state index in [1.54, 1.807) is 18.2 Å². The fourth-order valence-corrected chi connectivity index (χ4v) is 3.79. The molecular weight excluding hydrogens is 420 g/mol. The van der Waals surface area contributed by atoms with Crippen LogP contribution < -0.4 is 16.0 Å². The number of nitrogens with one attached hydrogen (secondary N) is 3. The van der Waals surface area contributed by atoms with Crippen LogP contribution in [-0.4, -0.2) is 27.8 Å². The molecule has 1 heterocycles. The largest absolute Gasteiger partial charge is 0.330 e. The smallest absolute Gasteiger partial charge is 0.234 e. The van der Waals surface area contributed by atoms with Crippen LogP contribution in [0.25, 0.3) is 0 Å². The van der Waals surface area contributed by atoms with Crippen LogP contribution in [0.4, 0.5) is 31.0 Å². The lowest BCUT2D eigenvalue weighted by Gasteiger charge is -2.05. The molecule has 0 saturated heterocycles. The van der Waals surface area contributed by atoms with Crippen molar-refractivity contribution in [3.05, 3.63) is 54.1 Å². The van der Waals surface area contributed by atoms with Crippen molar-refractivity contribution < 1.29 is 18.4 Å². The second-order valence-corrected chi connectivity index (χ2v) is 7.93. The number of nitrogens with zero attached hydrogens (tertiary/aromatic N) is 2. The van der Waals surface area contributed by atoms with Crippen molar-refractivity contribution >= 4 is 57.1 Å². The van der Waals surface area contributed by atoms with E-state index in [-0.39, 0.29) is 23.3 Å². The molecule has 0 radical (unpaired) electrons. The van der Waals surface area contributed by atoms with Gasteiger partial charge in [0, 0.05) is 30.1 Å². The van der Waals surface area contributed by atoms with Gasteiger partial charge in [0.1, 0.15) is 0 Å². The van der Waals surface area contributed by atoms with Gasteiger partial charge in [-0.25, -0.2) is 8.78 Å². The van der Waals surface area contributed by atoms with E-state index in [2.05, 4.69) is 26.1 Å². The molecule has 0 aliphatic heterocycles. The number of amides is 2. The first-order valence-electron chi connectivity index (χ1n) is 8.25. The number of carbonyl (C=O) groups excluding carboxylic acids is 2. The first-order chi connectivity index (χ1) is 13.9. The standard InChI is InChI=1S/C18H15F2N5O2S2/c1-10(26)21-11-3-2-4-12(7-11)23-17-24-25-18(29-17)28-9-16(27)22-13-5-6-14(19)15(20)8-13/h2-8H,9H2,1H3,(H,21,26)(H,22,27)(H,23,24). The molecule has 0 aliphatic rings. The van der Waals surface area contributed by atoms with Gasteiger partial charge in [-0.05, 0) is 30.3 Å². The first kappa shape index (κ1) is 20.7. The van der Waals surface area contributed by atoms with E-state index in [1.807, 2.05) is 6.07 Å².